The van der Waals surface area contributed by atoms with Crippen LogP contribution in [0.25, 0.3) is 0 Å². The average Bonchev–Trinajstić information content (AvgIpc) is 2.31. The molecule has 0 aromatic carbocycles. The molecule has 0 radical (unpaired) electrons. The molecule has 2 heteroatoms. The van der Waals surface area contributed by atoms with E-state index in [9.17, 15) is 0 Å². The van der Waals surface area contributed by atoms with E-state index in [4.69, 9.17) is 9.47 Å². The maximum atomic E-state index is 5.60. The topological polar surface area (TPSA) is 18.5 Å². The molecule has 0 saturated heterocycles. The van der Waals surface area contributed by atoms with Crippen molar-refractivity contribution in [3.05, 3.63) is 37.1 Å². The highest BCUT2D eigenvalue weighted by atomic mass is 16.5. The molecule has 0 spiro atoms. The zero-order chi connectivity index (χ0) is 11.7. The Bertz CT molecular complexity index is 255. The lowest BCUT2D eigenvalue weighted by Gasteiger charge is -2.33. The van der Waals surface area contributed by atoms with Crippen LogP contribution >= 0.6 is 0 Å². The number of rotatable bonds is 7. The fourth-order valence-corrected chi connectivity index (χ4v) is 1.93. The normalized spacial score (nSPS) is 24.8. The molecule has 16 heavy (non-hydrogen) atoms. The summed E-state index contributed by atoms with van der Waals surface area (Å²) >= 11 is 0. The van der Waals surface area contributed by atoms with Crippen LogP contribution in [0.1, 0.15) is 26.2 Å². The van der Waals surface area contributed by atoms with E-state index in [2.05, 4.69) is 18.7 Å². The van der Waals surface area contributed by atoms with Crippen LogP contribution in [0.5, 0.6) is 0 Å². The molecule has 0 amide bonds. The van der Waals surface area contributed by atoms with Crippen molar-refractivity contribution >= 4 is 0 Å². The van der Waals surface area contributed by atoms with Crippen LogP contribution < -0.4 is 0 Å². The smallest absolute Gasteiger partial charge is 0.0954 e. The molecule has 1 rings (SSSR count). The van der Waals surface area contributed by atoms with E-state index in [1.165, 1.54) is 0 Å². The molecule has 0 aromatic heterocycles. The maximum Gasteiger partial charge on any atom is 0.0954 e. The van der Waals surface area contributed by atoms with Crippen molar-refractivity contribution in [1.29, 1.82) is 0 Å². The first-order chi connectivity index (χ1) is 7.83. The van der Waals surface area contributed by atoms with Crippen LogP contribution in [0, 0.1) is 5.41 Å². The third-order valence-electron chi connectivity index (χ3n) is 2.82. The molecule has 1 unspecified atom stereocenters. The van der Waals surface area contributed by atoms with Crippen molar-refractivity contribution in [1.82, 2.24) is 0 Å². The van der Waals surface area contributed by atoms with E-state index < -0.39 is 0 Å². The zero-order valence-corrected chi connectivity index (χ0v) is 10.2. The second-order valence-electron chi connectivity index (χ2n) is 4.30. The summed E-state index contributed by atoms with van der Waals surface area (Å²) in [4.78, 5) is 0. The lowest BCUT2D eigenvalue weighted by Crippen LogP contribution is -2.32. The molecule has 0 saturated carbocycles. The first kappa shape index (κ1) is 13.0. The number of hydrogen-bond acceptors (Lipinski definition) is 2. The highest BCUT2D eigenvalue weighted by molar-refractivity contribution is 4.98. The quantitative estimate of drug-likeness (QED) is 0.373. The molecule has 0 aliphatic heterocycles. The van der Waals surface area contributed by atoms with Gasteiger partial charge in [-0.25, -0.2) is 0 Å². The predicted octanol–water partition coefficient (Wildman–Crippen LogP) is 3.47. The third-order valence-corrected chi connectivity index (χ3v) is 2.82. The minimum atomic E-state index is 0.150. The minimum Gasteiger partial charge on any atom is -0.501 e. The van der Waals surface area contributed by atoms with Gasteiger partial charge < -0.3 is 9.47 Å². The van der Waals surface area contributed by atoms with E-state index in [-0.39, 0.29) is 5.41 Å². The highest BCUT2D eigenvalue weighted by Crippen LogP contribution is 2.33. The Morgan fingerprint density at radius 3 is 2.88 bits per heavy atom. The van der Waals surface area contributed by atoms with Gasteiger partial charge in [-0.3, -0.25) is 0 Å². The minimum absolute atomic E-state index is 0.150. The first-order valence-corrected chi connectivity index (χ1v) is 5.89. The second-order valence-corrected chi connectivity index (χ2v) is 4.30. The maximum absolute atomic E-state index is 5.60. The molecule has 2 nitrogen and oxygen atoms in total. The number of allylic oxidation sites excluding steroid dienone is 3. The van der Waals surface area contributed by atoms with E-state index >= 15 is 0 Å². The van der Waals surface area contributed by atoms with E-state index in [1.54, 1.807) is 12.3 Å². The average molecular weight is 222 g/mol. The summed E-state index contributed by atoms with van der Waals surface area (Å²) in [6.45, 7) is 7.73. The van der Waals surface area contributed by atoms with Gasteiger partial charge in [0.1, 0.15) is 0 Å². The van der Waals surface area contributed by atoms with Crippen molar-refractivity contribution in [3.63, 3.8) is 0 Å². The lowest BCUT2D eigenvalue weighted by molar-refractivity contribution is 0.00537. The molecule has 90 valence electrons. The van der Waals surface area contributed by atoms with E-state index in [0.29, 0.717) is 6.61 Å². The Kier molecular flexibility index (Phi) is 5.94. The third kappa shape index (κ3) is 4.23. The van der Waals surface area contributed by atoms with E-state index in [1.807, 2.05) is 13.0 Å². The fraction of sp³-hybridized carbons (Fsp3) is 0.571. The molecule has 0 heterocycles. The van der Waals surface area contributed by atoms with Gasteiger partial charge >= 0.3 is 0 Å². The SMILES string of the molecule is C=CCOCC1(COC=CC)CC=CCC1. The standard InChI is InChI=1S/C14H22O2/c1-3-10-15-12-14(13-16-11-4-2)8-6-5-7-9-14/h3-6,11H,1,7-10,12-13H2,2H3. The van der Waals surface area contributed by atoms with Crippen LogP contribution in [0.3, 0.4) is 0 Å². The Balaban J connectivity index is 2.46. The highest BCUT2D eigenvalue weighted by Gasteiger charge is 2.31. The molecule has 1 aliphatic carbocycles. The van der Waals surface area contributed by atoms with Gasteiger partial charge in [0.2, 0.25) is 0 Å². The van der Waals surface area contributed by atoms with Gasteiger partial charge in [-0.1, -0.05) is 24.3 Å². The molecule has 0 N–H and O–H groups in total. The van der Waals surface area contributed by atoms with Crippen LogP contribution in [-0.4, -0.2) is 19.8 Å². The monoisotopic (exact) mass is 222 g/mol. The Hall–Kier alpha value is -1.02. The molecular weight excluding hydrogens is 200 g/mol. The van der Waals surface area contributed by atoms with Crippen molar-refractivity contribution in [3.8, 4) is 0 Å². The summed E-state index contributed by atoms with van der Waals surface area (Å²) in [5, 5.41) is 0. The number of hydrogen-bond donors (Lipinski definition) is 0. The largest absolute Gasteiger partial charge is 0.501 e. The van der Waals surface area contributed by atoms with Crippen LogP contribution in [-0.2, 0) is 9.47 Å². The van der Waals surface area contributed by atoms with Gasteiger partial charge in [0.15, 0.2) is 0 Å². The van der Waals surface area contributed by atoms with Gasteiger partial charge in [-0.15, -0.1) is 6.58 Å². The lowest BCUT2D eigenvalue weighted by atomic mass is 9.78. The molecule has 0 bridgehead atoms. The van der Waals surface area contributed by atoms with Crippen LogP contribution in [0.15, 0.2) is 37.1 Å². The van der Waals surface area contributed by atoms with Crippen LogP contribution in [0.4, 0.5) is 0 Å². The summed E-state index contributed by atoms with van der Waals surface area (Å²) < 4.78 is 11.1. The van der Waals surface area contributed by atoms with Crippen molar-refractivity contribution in [2.75, 3.05) is 19.8 Å². The van der Waals surface area contributed by atoms with Gasteiger partial charge in [-0.05, 0) is 26.2 Å². The van der Waals surface area contributed by atoms with Gasteiger partial charge in [0.25, 0.3) is 0 Å². The van der Waals surface area contributed by atoms with E-state index in [0.717, 1.165) is 32.5 Å². The first-order valence-electron chi connectivity index (χ1n) is 5.89. The summed E-state index contributed by atoms with van der Waals surface area (Å²) in [5.41, 5.74) is 0.150. The van der Waals surface area contributed by atoms with Gasteiger partial charge in [0, 0.05) is 5.41 Å². The fourth-order valence-electron chi connectivity index (χ4n) is 1.93. The number of ether oxygens (including phenoxy) is 2. The van der Waals surface area contributed by atoms with Gasteiger partial charge in [-0.2, -0.15) is 0 Å². The molecule has 1 aliphatic rings. The summed E-state index contributed by atoms with van der Waals surface area (Å²) in [7, 11) is 0. The predicted molar refractivity (Wildman–Crippen MR) is 67.2 cm³/mol. The molecular formula is C14H22O2. The Labute approximate surface area is 98.6 Å². The van der Waals surface area contributed by atoms with Crippen molar-refractivity contribution in [2.45, 2.75) is 26.2 Å². The summed E-state index contributed by atoms with van der Waals surface area (Å²) in [6.07, 6.45) is 13.2. The van der Waals surface area contributed by atoms with Crippen molar-refractivity contribution in [2.24, 2.45) is 5.41 Å². The summed E-state index contributed by atoms with van der Waals surface area (Å²) in [5.74, 6) is 0. The molecule has 1 atom stereocenters. The summed E-state index contributed by atoms with van der Waals surface area (Å²) in [6, 6.07) is 0. The van der Waals surface area contributed by atoms with Crippen molar-refractivity contribution < 1.29 is 9.47 Å². The Morgan fingerprint density at radius 2 is 2.25 bits per heavy atom. The second kappa shape index (κ2) is 7.29. The van der Waals surface area contributed by atoms with Gasteiger partial charge in [0.05, 0.1) is 26.1 Å². The zero-order valence-electron chi connectivity index (χ0n) is 10.2. The molecule has 0 fully saturated rings. The van der Waals surface area contributed by atoms with Crippen LogP contribution in [0.2, 0.25) is 0 Å². The molecule has 0 aromatic rings. The Morgan fingerprint density at radius 1 is 1.38 bits per heavy atom.